The molecule has 2 atom stereocenters. The summed E-state index contributed by atoms with van der Waals surface area (Å²) in [5.74, 6) is -3.12. The zero-order valence-electron chi connectivity index (χ0n) is 6.55. The van der Waals surface area contributed by atoms with Gasteiger partial charge in [0.25, 0.3) is 0 Å². The van der Waals surface area contributed by atoms with Gasteiger partial charge in [0.15, 0.2) is 6.10 Å². The zero-order valence-corrected chi connectivity index (χ0v) is 6.55. The van der Waals surface area contributed by atoms with Crippen LogP contribution >= 0.6 is 0 Å². The maximum atomic E-state index is 11.9. The molecule has 12 heavy (non-hydrogen) atoms. The number of carboxylic acids is 1. The van der Waals surface area contributed by atoms with Crippen molar-refractivity contribution in [1.82, 2.24) is 0 Å². The molecule has 0 bridgehead atoms. The summed E-state index contributed by atoms with van der Waals surface area (Å²) in [5.41, 5.74) is 0. The molecule has 0 aromatic carbocycles. The van der Waals surface area contributed by atoms with Crippen molar-refractivity contribution in [3.63, 3.8) is 0 Å². The average molecular weight is 186 g/mol. The summed E-state index contributed by atoms with van der Waals surface area (Å²) >= 11 is 0. The predicted molar refractivity (Wildman–Crippen MR) is 33.7 cm³/mol. The van der Waals surface area contributed by atoms with Gasteiger partial charge in [-0.25, -0.2) is 0 Å². The Morgan fingerprint density at radius 1 is 1.50 bits per heavy atom. The first kappa shape index (κ1) is 11.2. The Hall–Kier alpha value is -0.780. The van der Waals surface area contributed by atoms with Gasteiger partial charge in [-0.1, -0.05) is 0 Å². The highest BCUT2D eigenvalue weighted by Crippen LogP contribution is 2.27. The second-order valence-electron chi connectivity index (χ2n) is 2.32. The molecule has 0 aromatic heterocycles. The molecule has 0 amide bonds. The Kier molecular flexibility index (Phi) is 3.51. The standard InChI is InChI=1S/C6H9F3O3/c1-3(5(10)11)4(12-2)6(7,8)9/h3-4H,1-2H3,(H,10,11). The van der Waals surface area contributed by atoms with Gasteiger partial charge < -0.3 is 9.84 Å². The summed E-state index contributed by atoms with van der Waals surface area (Å²) < 4.78 is 39.9. The number of ether oxygens (including phenoxy) is 1. The van der Waals surface area contributed by atoms with Crippen LogP contribution in [0.25, 0.3) is 0 Å². The quantitative estimate of drug-likeness (QED) is 0.722. The maximum absolute atomic E-state index is 11.9. The molecule has 0 rings (SSSR count). The second-order valence-corrected chi connectivity index (χ2v) is 2.32. The number of carboxylic acid groups (broad SMARTS) is 1. The summed E-state index contributed by atoms with van der Waals surface area (Å²) in [6.07, 6.45) is -6.87. The van der Waals surface area contributed by atoms with Crippen LogP contribution in [0.1, 0.15) is 6.92 Å². The van der Waals surface area contributed by atoms with Gasteiger partial charge in [-0.05, 0) is 6.92 Å². The number of halogens is 3. The summed E-state index contributed by atoms with van der Waals surface area (Å²) in [4.78, 5) is 10.2. The van der Waals surface area contributed by atoms with E-state index >= 15 is 0 Å². The van der Waals surface area contributed by atoms with Gasteiger partial charge in [0.05, 0.1) is 5.92 Å². The van der Waals surface area contributed by atoms with Gasteiger partial charge in [0.1, 0.15) is 0 Å². The molecular weight excluding hydrogens is 177 g/mol. The zero-order chi connectivity index (χ0) is 9.94. The second kappa shape index (κ2) is 3.75. The maximum Gasteiger partial charge on any atom is 0.415 e. The van der Waals surface area contributed by atoms with Crippen molar-refractivity contribution in [2.45, 2.75) is 19.2 Å². The third kappa shape index (κ3) is 2.69. The molecule has 6 heteroatoms. The first-order chi connectivity index (χ1) is 5.30. The molecule has 0 aromatic rings. The first-order valence-electron chi connectivity index (χ1n) is 3.13. The molecule has 3 nitrogen and oxygen atoms in total. The molecule has 0 aliphatic heterocycles. The lowest BCUT2D eigenvalue weighted by atomic mass is 10.1. The minimum atomic E-state index is -4.63. The lowest BCUT2D eigenvalue weighted by molar-refractivity contribution is -0.229. The normalized spacial score (nSPS) is 17.1. The van der Waals surface area contributed by atoms with Crippen LogP contribution in [-0.4, -0.2) is 30.5 Å². The largest absolute Gasteiger partial charge is 0.481 e. The Balaban J connectivity index is 4.45. The van der Waals surface area contributed by atoms with Crippen LogP contribution in [0.5, 0.6) is 0 Å². The van der Waals surface area contributed by atoms with Crippen LogP contribution in [-0.2, 0) is 9.53 Å². The molecule has 0 aliphatic carbocycles. The highest BCUT2D eigenvalue weighted by Gasteiger charge is 2.46. The van der Waals surface area contributed by atoms with Crippen molar-refractivity contribution in [1.29, 1.82) is 0 Å². The van der Waals surface area contributed by atoms with E-state index < -0.39 is 24.2 Å². The van der Waals surface area contributed by atoms with E-state index in [9.17, 15) is 18.0 Å². The highest BCUT2D eigenvalue weighted by atomic mass is 19.4. The summed E-state index contributed by atoms with van der Waals surface area (Å²) in [5, 5.41) is 8.27. The molecule has 0 aliphatic rings. The van der Waals surface area contributed by atoms with Crippen molar-refractivity contribution in [3.8, 4) is 0 Å². The van der Waals surface area contributed by atoms with E-state index in [1.54, 1.807) is 0 Å². The van der Waals surface area contributed by atoms with Crippen molar-refractivity contribution < 1.29 is 27.8 Å². The van der Waals surface area contributed by atoms with Gasteiger partial charge in [0.2, 0.25) is 0 Å². The lowest BCUT2D eigenvalue weighted by Gasteiger charge is -2.21. The fraction of sp³-hybridized carbons (Fsp3) is 0.833. The minimum Gasteiger partial charge on any atom is -0.481 e. The van der Waals surface area contributed by atoms with Crippen molar-refractivity contribution in [2.24, 2.45) is 5.92 Å². The van der Waals surface area contributed by atoms with Crippen molar-refractivity contribution in [3.05, 3.63) is 0 Å². The van der Waals surface area contributed by atoms with Crippen molar-refractivity contribution in [2.75, 3.05) is 7.11 Å². The number of rotatable bonds is 3. The predicted octanol–water partition coefficient (Wildman–Crippen LogP) is 1.28. The Morgan fingerprint density at radius 2 is 1.92 bits per heavy atom. The monoisotopic (exact) mass is 186 g/mol. The fourth-order valence-corrected chi connectivity index (χ4v) is 0.751. The topological polar surface area (TPSA) is 46.5 Å². The van der Waals surface area contributed by atoms with E-state index in [4.69, 9.17) is 5.11 Å². The Morgan fingerprint density at radius 3 is 2.00 bits per heavy atom. The van der Waals surface area contributed by atoms with Crippen LogP contribution in [0.3, 0.4) is 0 Å². The first-order valence-corrected chi connectivity index (χ1v) is 3.13. The highest BCUT2D eigenvalue weighted by molar-refractivity contribution is 5.70. The molecule has 2 unspecified atom stereocenters. The van der Waals surface area contributed by atoms with Crippen molar-refractivity contribution >= 4 is 5.97 Å². The van der Waals surface area contributed by atoms with Crippen LogP contribution in [0.2, 0.25) is 0 Å². The van der Waals surface area contributed by atoms with Gasteiger partial charge in [-0.15, -0.1) is 0 Å². The third-order valence-corrected chi connectivity index (χ3v) is 1.42. The number of methoxy groups -OCH3 is 1. The van der Waals surface area contributed by atoms with Crippen LogP contribution in [0.15, 0.2) is 0 Å². The molecule has 0 heterocycles. The Labute approximate surface area is 67.1 Å². The number of hydrogen-bond acceptors (Lipinski definition) is 2. The molecule has 0 spiro atoms. The van der Waals surface area contributed by atoms with Crippen LogP contribution < -0.4 is 0 Å². The summed E-state index contributed by atoms with van der Waals surface area (Å²) in [7, 11) is 0.831. The van der Waals surface area contributed by atoms with Gasteiger partial charge in [0, 0.05) is 7.11 Å². The fourth-order valence-electron chi connectivity index (χ4n) is 0.751. The molecule has 0 radical (unpaired) electrons. The lowest BCUT2D eigenvalue weighted by Crippen LogP contribution is -2.40. The summed E-state index contributed by atoms with van der Waals surface area (Å²) in [6.45, 7) is 0.948. The van der Waals surface area contributed by atoms with E-state index in [0.29, 0.717) is 0 Å². The van der Waals surface area contributed by atoms with Gasteiger partial charge in [-0.2, -0.15) is 13.2 Å². The van der Waals surface area contributed by atoms with Gasteiger partial charge in [-0.3, -0.25) is 4.79 Å². The number of aliphatic carboxylic acids is 1. The summed E-state index contributed by atoms with van der Waals surface area (Å²) in [6, 6.07) is 0. The minimum absolute atomic E-state index is 0.831. The number of alkyl halides is 3. The molecule has 1 N–H and O–H groups in total. The van der Waals surface area contributed by atoms with E-state index in [0.717, 1.165) is 14.0 Å². The molecule has 72 valence electrons. The molecule has 0 saturated carbocycles. The van der Waals surface area contributed by atoms with E-state index in [1.165, 1.54) is 0 Å². The van der Waals surface area contributed by atoms with Gasteiger partial charge >= 0.3 is 12.1 Å². The molecular formula is C6H9F3O3. The average Bonchev–Trinajstić information content (AvgIpc) is 1.85. The number of carbonyl (C=O) groups is 1. The van der Waals surface area contributed by atoms with Crippen LogP contribution in [0, 0.1) is 5.92 Å². The van der Waals surface area contributed by atoms with E-state index in [-0.39, 0.29) is 0 Å². The van der Waals surface area contributed by atoms with E-state index in [1.807, 2.05) is 0 Å². The Bertz CT molecular complexity index is 166. The third-order valence-electron chi connectivity index (χ3n) is 1.42. The van der Waals surface area contributed by atoms with E-state index in [2.05, 4.69) is 4.74 Å². The number of hydrogen-bond donors (Lipinski definition) is 1. The SMILES string of the molecule is COC(C(C)C(=O)O)C(F)(F)F. The van der Waals surface area contributed by atoms with Crippen LogP contribution in [0.4, 0.5) is 13.2 Å². The smallest absolute Gasteiger partial charge is 0.415 e. The molecule has 0 fully saturated rings. The molecule has 0 saturated heterocycles.